The molecule has 1 N–H and O–H groups in total. The Kier molecular flexibility index (Phi) is 5.19. The Hall–Kier alpha value is -2.20. The largest absolute Gasteiger partial charge is 0.301 e. The molecule has 0 fully saturated rings. The fraction of sp³-hybridized carbons (Fsp3) is 0.333. The minimum atomic E-state index is -0.207. The fourth-order valence-electron chi connectivity index (χ4n) is 2.86. The van der Waals surface area contributed by atoms with Crippen LogP contribution in [0.15, 0.2) is 42.5 Å². The minimum absolute atomic E-state index is 0.0209. The van der Waals surface area contributed by atoms with Gasteiger partial charge in [-0.25, -0.2) is 4.98 Å². The van der Waals surface area contributed by atoms with E-state index in [0.29, 0.717) is 11.0 Å². The number of carbonyl (C=O) groups excluding carboxylic acids is 1. The van der Waals surface area contributed by atoms with Gasteiger partial charge in [-0.15, -0.1) is 0 Å². The highest BCUT2D eigenvalue weighted by molar-refractivity contribution is 7.22. The second kappa shape index (κ2) is 7.36. The van der Waals surface area contributed by atoms with Crippen LogP contribution in [0.2, 0.25) is 0 Å². The van der Waals surface area contributed by atoms with Crippen LogP contribution in [0, 0.1) is 12.8 Å². The van der Waals surface area contributed by atoms with Gasteiger partial charge in [-0.3, -0.25) is 4.79 Å². The third-order valence-corrected chi connectivity index (χ3v) is 5.22. The molecule has 0 saturated heterocycles. The van der Waals surface area contributed by atoms with Gasteiger partial charge in [0.2, 0.25) is 5.91 Å². The van der Waals surface area contributed by atoms with Crippen molar-refractivity contribution >= 4 is 32.6 Å². The Labute approximate surface area is 153 Å². The first-order chi connectivity index (χ1) is 11.9. The zero-order valence-electron chi connectivity index (χ0n) is 15.2. The summed E-state index contributed by atoms with van der Waals surface area (Å²) in [6.07, 6.45) is 1.06. The summed E-state index contributed by atoms with van der Waals surface area (Å²) < 4.78 is 1.10. The van der Waals surface area contributed by atoms with Crippen molar-refractivity contribution in [1.29, 1.82) is 0 Å². The van der Waals surface area contributed by atoms with E-state index in [1.807, 2.05) is 19.1 Å². The third kappa shape index (κ3) is 4.26. The van der Waals surface area contributed by atoms with E-state index in [9.17, 15) is 4.79 Å². The molecule has 3 rings (SSSR count). The van der Waals surface area contributed by atoms with Gasteiger partial charge >= 0.3 is 0 Å². The predicted molar refractivity (Wildman–Crippen MR) is 106 cm³/mol. The molecule has 0 saturated carbocycles. The molecular weight excluding hydrogens is 328 g/mol. The molecule has 3 nitrogen and oxygen atoms in total. The monoisotopic (exact) mass is 352 g/mol. The smallest absolute Gasteiger partial charge is 0.233 e. The number of hydrogen-bond acceptors (Lipinski definition) is 3. The Morgan fingerprint density at radius 2 is 1.84 bits per heavy atom. The van der Waals surface area contributed by atoms with Gasteiger partial charge in [0.25, 0.3) is 0 Å². The van der Waals surface area contributed by atoms with E-state index in [0.717, 1.165) is 22.2 Å². The minimum Gasteiger partial charge on any atom is -0.301 e. The molecule has 1 amide bonds. The van der Waals surface area contributed by atoms with Gasteiger partial charge < -0.3 is 5.32 Å². The second-order valence-electron chi connectivity index (χ2n) is 7.04. The molecule has 0 radical (unpaired) electrons. The summed E-state index contributed by atoms with van der Waals surface area (Å²) in [5, 5.41) is 3.63. The van der Waals surface area contributed by atoms with Crippen molar-refractivity contribution in [3.63, 3.8) is 0 Å². The number of nitrogens with one attached hydrogen (secondary N) is 1. The van der Waals surface area contributed by atoms with Crippen molar-refractivity contribution in [3.8, 4) is 0 Å². The maximum atomic E-state index is 12.6. The molecular formula is C21H24N2OS. The van der Waals surface area contributed by atoms with Crippen LogP contribution in [0.4, 0.5) is 5.13 Å². The van der Waals surface area contributed by atoms with E-state index in [-0.39, 0.29) is 11.8 Å². The first-order valence-corrected chi connectivity index (χ1v) is 9.51. The zero-order chi connectivity index (χ0) is 18.0. The van der Waals surface area contributed by atoms with Crippen LogP contribution < -0.4 is 5.32 Å². The molecule has 0 aliphatic rings. The number of amides is 1. The number of benzene rings is 2. The summed E-state index contributed by atoms with van der Waals surface area (Å²) in [7, 11) is 0. The molecule has 0 bridgehead atoms. The van der Waals surface area contributed by atoms with E-state index >= 15 is 0 Å². The molecule has 0 aliphatic carbocycles. The van der Waals surface area contributed by atoms with Crippen LogP contribution >= 0.6 is 11.3 Å². The van der Waals surface area contributed by atoms with E-state index in [1.54, 1.807) is 0 Å². The van der Waals surface area contributed by atoms with Gasteiger partial charge in [0, 0.05) is 0 Å². The molecule has 0 aliphatic heterocycles. The average Bonchev–Trinajstić information content (AvgIpc) is 2.95. The number of rotatable bonds is 5. The molecule has 130 valence electrons. The van der Waals surface area contributed by atoms with Gasteiger partial charge in [0.05, 0.1) is 16.1 Å². The molecule has 1 unspecified atom stereocenters. The lowest BCUT2D eigenvalue weighted by molar-refractivity contribution is -0.117. The Balaban J connectivity index is 1.70. The summed E-state index contributed by atoms with van der Waals surface area (Å²) in [4.78, 5) is 17.1. The number of aromatic nitrogens is 1. The molecule has 1 atom stereocenters. The summed E-state index contributed by atoms with van der Waals surface area (Å²) in [5.74, 6) is 0.406. The maximum Gasteiger partial charge on any atom is 0.233 e. The van der Waals surface area contributed by atoms with Gasteiger partial charge in [0.1, 0.15) is 0 Å². The molecule has 1 heterocycles. The highest BCUT2D eigenvalue weighted by atomic mass is 32.1. The standard InChI is InChI=1S/C21H24N2OS/c1-13(2)11-16-6-8-17(9-7-16)15(4)20(24)23-21-22-18-10-5-14(3)12-19(18)25-21/h5-10,12-13,15H,11H2,1-4H3,(H,22,23,24). The summed E-state index contributed by atoms with van der Waals surface area (Å²) >= 11 is 1.52. The van der Waals surface area contributed by atoms with Crippen molar-refractivity contribution in [2.75, 3.05) is 5.32 Å². The van der Waals surface area contributed by atoms with Crippen molar-refractivity contribution < 1.29 is 4.79 Å². The number of aryl methyl sites for hydroxylation is 1. The topological polar surface area (TPSA) is 42.0 Å². The van der Waals surface area contributed by atoms with E-state index in [4.69, 9.17) is 0 Å². The van der Waals surface area contributed by atoms with Gasteiger partial charge in [-0.2, -0.15) is 0 Å². The highest BCUT2D eigenvalue weighted by Gasteiger charge is 2.17. The lowest BCUT2D eigenvalue weighted by Gasteiger charge is -2.12. The third-order valence-electron chi connectivity index (χ3n) is 4.29. The first kappa shape index (κ1) is 17.6. The second-order valence-corrected chi connectivity index (χ2v) is 8.07. The zero-order valence-corrected chi connectivity index (χ0v) is 16.0. The predicted octanol–water partition coefficient (Wildman–Crippen LogP) is 5.55. The summed E-state index contributed by atoms with van der Waals surface area (Å²) in [5.41, 5.74) is 4.47. The van der Waals surface area contributed by atoms with Crippen LogP contribution in [0.25, 0.3) is 10.2 Å². The average molecular weight is 353 g/mol. The van der Waals surface area contributed by atoms with Gasteiger partial charge in [0.15, 0.2) is 5.13 Å². The van der Waals surface area contributed by atoms with E-state index in [1.165, 1.54) is 22.5 Å². The number of fused-ring (bicyclic) bond motifs is 1. The lowest BCUT2D eigenvalue weighted by Crippen LogP contribution is -2.18. The van der Waals surface area contributed by atoms with Gasteiger partial charge in [-0.05, 0) is 55.0 Å². The molecule has 3 aromatic rings. The normalized spacial score (nSPS) is 12.5. The number of thiazole rings is 1. The molecule has 4 heteroatoms. The Morgan fingerprint density at radius 3 is 2.52 bits per heavy atom. The summed E-state index contributed by atoms with van der Waals surface area (Å²) in [6.45, 7) is 8.42. The molecule has 1 aromatic heterocycles. The van der Waals surface area contributed by atoms with E-state index in [2.05, 4.69) is 61.4 Å². The van der Waals surface area contributed by atoms with E-state index < -0.39 is 0 Å². The van der Waals surface area contributed by atoms with Crippen LogP contribution in [0.5, 0.6) is 0 Å². The quantitative estimate of drug-likeness (QED) is 0.654. The molecule has 25 heavy (non-hydrogen) atoms. The molecule has 0 spiro atoms. The fourth-order valence-corrected chi connectivity index (χ4v) is 3.83. The first-order valence-electron chi connectivity index (χ1n) is 8.69. The van der Waals surface area contributed by atoms with Crippen LogP contribution in [-0.2, 0) is 11.2 Å². The van der Waals surface area contributed by atoms with Crippen molar-refractivity contribution in [1.82, 2.24) is 4.98 Å². The van der Waals surface area contributed by atoms with Crippen LogP contribution in [0.1, 0.15) is 43.4 Å². The lowest BCUT2D eigenvalue weighted by atomic mass is 9.96. The van der Waals surface area contributed by atoms with Crippen molar-refractivity contribution in [2.45, 2.75) is 40.0 Å². The number of nitrogens with zero attached hydrogens (tertiary/aromatic N) is 1. The summed E-state index contributed by atoms with van der Waals surface area (Å²) in [6, 6.07) is 14.5. The number of anilines is 1. The Bertz CT molecular complexity index is 881. The number of hydrogen-bond donors (Lipinski definition) is 1. The SMILES string of the molecule is Cc1ccc2nc(NC(=O)C(C)c3ccc(CC(C)C)cc3)sc2c1. The Morgan fingerprint density at radius 1 is 1.12 bits per heavy atom. The van der Waals surface area contributed by atoms with Gasteiger partial charge in [-0.1, -0.05) is 55.5 Å². The van der Waals surface area contributed by atoms with Crippen molar-refractivity contribution in [2.24, 2.45) is 5.92 Å². The molecule has 2 aromatic carbocycles. The van der Waals surface area contributed by atoms with Crippen LogP contribution in [0.3, 0.4) is 0 Å². The maximum absolute atomic E-state index is 12.6. The highest BCUT2D eigenvalue weighted by Crippen LogP contribution is 2.28. The van der Waals surface area contributed by atoms with Crippen molar-refractivity contribution in [3.05, 3.63) is 59.2 Å². The van der Waals surface area contributed by atoms with Crippen LogP contribution in [-0.4, -0.2) is 10.9 Å². The number of carbonyl (C=O) groups is 1.